The Balaban J connectivity index is 2.26. The predicted octanol–water partition coefficient (Wildman–Crippen LogP) is 3.27. The van der Waals surface area contributed by atoms with Gasteiger partial charge in [-0.1, -0.05) is 28.1 Å². The van der Waals surface area contributed by atoms with E-state index in [1.807, 2.05) is 18.2 Å². The predicted molar refractivity (Wildman–Crippen MR) is 96.1 cm³/mol. The van der Waals surface area contributed by atoms with Crippen LogP contribution in [0.1, 0.15) is 24.0 Å². The Hall–Kier alpha value is -2.72. The second-order valence-electron chi connectivity index (χ2n) is 5.72. The van der Waals surface area contributed by atoms with Gasteiger partial charge in [0.2, 0.25) is 0 Å². The highest BCUT2D eigenvalue weighted by molar-refractivity contribution is 9.10. The molecule has 1 unspecified atom stereocenters. The van der Waals surface area contributed by atoms with Gasteiger partial charge in [-0.05, 0) is 42.3 Å². The lowest BCUT2D eigenvalue weighted by molar-refractivity contribution is 0.625. The molecule has 0 aliphatic carbocycles. The molecule has 7 heteroatoms. The van der Waals surface area contributed by atoms with E-state index >= 15 is 0 Å². The number of hydrogen-bond donors (Lipinski definition) is 1. The Morgan fingerprint density at radius 3 is 2.60 bits per heavy atom. The topological polar surface area (TPSA) is 78.7 Å². The van der Waals surface area contributed by atoms with E-state index in [0.29, 0.717) is 0 Å². The molecular weight excluding hydrogens is 389 g/mol. The normalized spacial score (nSPS) is 12.1. The molecule has 0 bridgehead atoms. The highest BCUT2D eigenvalue weighted by atomic mass is 79.9. The largest absolute Gasteiger partial charge is 0.329 e. The molecule has 0 radical (unpaired) electrons. The fourth-order valence-electron chi connectivity index (χ4n) is 2.70. The van der Waals surface area contributed by atoms with Gasteiger partial charge in [0.05, 0.1) is 29.4 Å². The first-order valence-corrected chi connectivity index (χ1v) is 8.30. The molecule has 3 rings (SSSR count). The summed E-state index contributed by atoms with van der Waals surface area (Å²) in [4.78, 5) is 27.7. The van der Waals surface area contributed by atoms with Gasteiger partial charge in [0.15, 0.2) is 0 Å². The zero-order valence-electron chi connectivity index (χ0n) is 13.2. The first kappa shape index (κ1) is 17.1. The van der Waals surface area contributed by atoms with E-state index in [4.69, 9.17) is 5.26 Å². The number of nitrogens with one attached hydrogen (secondary N) is 1. The number of hydrogen-bond acceptors (Lipinski definition) is 3. The molecule has 0 aliphatic heterocycles. The average Bonchev–Trinajstić information content (AvgIpc) is 2.58. The standard InChI is InChI=1S/C18H13BrFN3O2/c1-10(8-21)14-6-13(20)7-15-16(14)17(24)23(18(25)22-15)9-11-2-4-12(19)5-3-11/h2-7,10H,9H2,1H3,(H,22,25). The van der Waals surface area contributed by atoms with Crippen LogP contribution in [0.15, 0.2) is 50.5 Å². The third-order valence-electron chi connectivity index (χ3n) is 3.99. The van der Waals surface area contributed by atoms with Crippen LogP contribution in [0.2, 0.25) is 0 Å². The van der Waals surface area contributed by atoms with Crippen LogP contribution in [0.4, 0.5) is 4.39 Å². The fourth-order valence-corrected chi connectivity index (χ4v) is 2.97. The number of nitriles is 1. The Labute approximate surface area is 150 Å². The van der Waals surface area contributed by atoms with Crippen molar-refractivity contribution in [3.8, 4) is 6.07 Å². The Morgan fingerprint density at radius 2 is 1.96 bits per heavy atom. The first-order valence-electron chi connectivity index (χ1n) is 7.51. The number of aromatic amines is 1. The maximum atomic E-state index is 13.8. The summed E-state index contributed by atoms with van der Waals surface area (Å²) in [6, 6.07) is 11.5. The molecule has 0 amide bonds. The van der Waals surface area contributed by atoms with Crippen molar-refractivity contribution in [2.75, 3.05) is 0 Å². The van der Waals surface area contributed by atoms with Crippen LogP contribution >= 0.6 is 15.9 Å². The summed E-state index contributed by atoms with van der Waals surface area (Å²) in [6.07, 6.45) is 0. The van der Waals surface area contributed by atoms with Crippen LogP contribution in [0, 0.1) is 17.1 Å². The lowest BCUT2D eigenvalue weighted by Crippen LogP contribution is -2.36. The van der Waals surface area contributed by atoms with Gasteiger partial charge in [-0.15, -0.1) is 0 Å². The number of halogens is 2. The van der Waals surface area contributed by atoms with Crippen LogP contribution in [0.5, 0.6) is 0 Å². The van der Waals surface area contributed by atoms with E-state index in [2.05, 4.69) is 20.9 Å². The highest BCUT2D eigenvalue weighted by Crippen LogP contribution is 2.22. The monoisotopic (exact) mass is 401 g/mol. The molecule has 0 saturated heterocycles. The summed E-state index contributed by atoms with van der Waals surface area (Å²) in [6.45, 7) is 1.66. The van der Waals surface area contributed by atoms with Crippen molar-refractivity contribution in [1.29, 1.82) is 5.26 Å². The van der Waals surface area contributed by atoms with E-state index in [0.717, 1.165) is 20.7 Å². The van der Waals surface area contributed by atoms with Gasteiger partial charge in [-0.2, -0.15) is 5.26 Å². The molecule has 126 valence electrons. The summed E-state index contributed by atoms with van der Waals surface area (Å²) in [5, 5.41) is 9.32. The van der Waals surface area contributed by atoms with Crippen LogP contribution < -0.4 is 11.2 Å². The number of H-pyrrole nitrogens is 1. The molecular formula is C18H13BrFN3O2. The number of benzene rings is 2. The highest BCUT2D eigenvalue weighted by Gasteiger charge is 2.17. The van der Waals surface area contributed by atoms with Gasteiger partial charge in [0, 0.05) is 4.47 Å². The second-order valence-corrected chi connectivity index (χ2v) is 6.63. The Bertz CT molecular complexity index is 1110. The zero-order valence-corrected chi connectivity index (χ0v) is 14.8. The van der Waals surface area contributed by atoms with Crippen molar-refractivity contribution in [3.63, 3.8) is 0 Å². The van der Waals surface area contributed by atoms with E-state index < -0.39 is 23.0 Å². The van der Waals surface area contributed by atoms with E-state index in [9.17, 15) is 14.0 Å². The second kappa shape index (κ2) is 6.65. The number of fused-ring (bicyclic) bond motifs is 1. The lowest BCUT2D eigenvalue weighted by atomic mass is 9.98. The maximum absolute atomic E-state index is 13.8. The van der Waals surface area contributed by atoms with Crippen molar-refractivity contribution in [2.24, 2.45) is 0 Å². The number of nitrogens with zero attached hydrogens (tertiary/aromatic N) is 2. The van der Waals surface area contributed by atoms with Gasteiger partial charge < -0.3 is 4.98 Å². The molecule has 0 saturated carbocycles. The van der Waals surface area contributed by atoms with Gasteiger partial charge in [-0.3, -0.25) is 9.36 Å². The maximum Gasteiger partial charge on any atom is 0.329 e. The molecule has 1 aromatic heterocycles. The Kier molecular flexibility index (Phi) is 4.55. The molecule has 0 aliphatic rings. The summed E-state index contributed by atoms with van der Waals surface area (Å²) >= 11 is 3.33. The molecule has 5 nitrogen and oxygen atoms in total. The molecule has 0 fully saturated rings. The smallest absolute Gasteiger partial charge is 0.307 e. The minimum Gasteiger partial charge on any atom is -0.307 e. The molecule has 0 spiro atoms. The van der Waals surface area contributed by atoms with Crippen molar-refractivity contribution >= 4 is 26.8 Å². The van der Waals surface area contributed by atoms with Crippen molar-refractivity contribution in [1.82, 2.24) is 9.55 Å². The van der Waals surface area contributed by atoms with Crippen molar-refractivity contribution in [2.45, 2.75) is 19.4 Å². The molecule has 1 atom stereocenters. The molecule has 3 aromatic rings. The zero-order chi connectivity index (χ0) is 18.1. The minimum atomic E-state index is -0.682. The summed E-state index contributed by atoms with van der Waals surface area (Å²) < 4.78 is 15.7. The third kappa shape index (κ3) is 3.26. The van der Waals surface area contributed by atoms with Gasteiger partial charge in [-0.25, -0.2) is 9.18 Å². The summed E-state index contributed by atoms with van der Waals surface area (Å²) in [5.41, 5.74) is -0.0325. The third-order valence-corrected chi connectivity index (χ3v) is 4.52. The fraction of sp³-hybridized carbons (Fsp3) is 0.167. The van der Waals surface area contributed by atoms with Crippen LogP contribution in [0.25, 0.3) is 10.9 Å². The van der Waals surface area contributed by atoms with Crippen molar-refractivity contribution in [3.05, 3.63) is 78.7 Å². The van der Waals surface area contributed by atoms with E-state index in [1.54, 1.807) is 19.1 Å². The van der Waals surface area contributed by atoms with E-state index in [-0.39, 0.29) is 23.0 Å². The summed E-state index contributed by atoms with van der Waals surface area (Å²) in [7, 11) is 0. The molecule has 25 heavy (non-hydrogen) atoms. The molecule has 1 N–H and O–H groups in total. The minimum absolute atomic E-state index is 0.0785. The SMILES string of the molecule is CC(C#N)c1cc(F)cc2[nH]c(=O)n(Cc3ccc(Br)cc3)c(=O)c12. The molecule has 2 aromatic carbocycles. The quantitative estimate of drug-likeness (QED) is 0.731. The lowest BCUT2D eigenvalue weighted by Gasteiger charge is -2.11. The van der Waals surface area contributed by atoms with Gasteiger partial charge >= 0.3 is 5.69 Å². The average molecular weight is 402 g/mol. The van der Waals surface area contributed by atoms with Crippen LogP contribution in [0.3, 0.4) is 0 Å². The van der Waals surface area contributed by atoms with Crippen LogP contribution in [-0.4, -0.2) is 9.55 Å². The van der Waals surface area contributed by atoms with Crippen molar-refractivity contribution < 1.29 is 4.39 Å². The van der Waals surface area contributed by atoms with Crippen LogP contribution in [-0.2, 0) is 6.54 Å². The van der Waals surface area contributed by atoms with Gasteiger partial charge in [0.25, 0.3) is 5.56 Å². The number of rotatable bonds is 3. The Morgan fingerprint density at radius 1 is 1.28 bits per heavy atom. The summed E-state index contributed by atoms with van der Waals surface area (Å²) in [5.74, 6) is -1.29. The number of aromatic nitrogens is 2. The molecule has 1 heterocycles. The van der Waals surface area contributed by atoms with E-state index in [1.165, 1.54) is 6.07 Å². The first-order chi connectivity index (χ1) is 11.9. The van der Waals surface area contributed by atoms with Gasteiger partial charge in [0.1, 0.15) is 5.82 Å².